The number of anilines is 1. The summed E-state index contributed by atoms with van der Waals surface area (Å²) in [6.45, 7) is 6.58. The Morgan fingerprint density at radius 1 is 0.857 bits per heavy atom. The molecule has 3 aromatic carbocycles. The number of amides is 1. The summed E-state index contributed by atoms with van der Waals surface area (Å²) in [6.07, 6.45) is 6.18. The van der Waals surface area contributed by atoms with Crippen molar-refractivity contribution < 1.29 is 14.3 Å². The van der Waals surface area contributed by atoms with Crippen LogP contribution in [0.4, 0.5) is 10.5 Å². The number of carbonyl (C=O) groups is 1. The molecule has 4 rings (SSSR count). The van der Waals surface area contributed by atoms with E-state index in [1.807, 2.05) is 75.4 Å². The molecule has 0 aromatic heterocycles. The van der Waals surface area contributed by atoms with E-state index >= 15 is 0 Å². The van der Waals surface area contributed by atoms with Crippen molar-refractivity contribution in [2.24, 2.45) is 0 Å². The molecule has 0 aliphatic heterocycles. The maximum absolute atomic E-state index is 13.2. The minimum absolute atomic E-state index is 0.367. The highest BCUT2D eigenvalue weighted by molar-refractivity contribution is 5.88. The van der Waals surface area contributed by atoms with Crippen molar-refractivity contribution in [1.29, 1.82) is 0 Å². The van der Waals surface area contributed by atoms with Gasteiger partial charge in [-0.15, -0.1) is 0 Å². The Labute approximate surface area is 209 Å². The van der Waals surface area contributed by atoms with Gasteiger partial charge >= 0.3 is 6.09 Å². The Hall–Kier alpha value is -3.27. The van der Waals surface area contributed by atoms with Gasteiger partial charge in [-0.2, -0.15) is 0 Å². The van der Waals surface area contributed by atoms with Crippen LogP contribution >= 0.6 is 0 Å². The second-order valence-electron chi connectivity index (χ2n) is 10.4. The zero-order valence-electron chi connectivity index (χ0n) is 21.2. The summed E-state index contributed by atoms with van der Waals surface area (Å²) < 4.78 is 11.8. The minimum Gasteiger partial charge on any atom is -0.489 e. The second kappa shape index (κ2) is 11.4. The predicted octanol–water partition coefficient (Wildman–Crippen LogP) is 8.26. The lowest BCUT2D eigenvalue weighted by Gasteiger charge is -2.28. The highest BCUT2D eigenvalue weighted by atomic mass is 16.6. The average Bonchev–Trinajstić information content (AvgIpc) is 2.87. The molecule has 0 radical (unpaired) electrons. The van der Waals surface area contributed by atoms with Crippen molar-refractivity contribution in [1.82, 2.24) is 0 Å². The van der Waals surface area contributed by atoms with Gasteiger partial charge in [0.05, 0.1) is 12.2 Å². The van der Waals surface area contributed by atoms with Crippen LogP contribution in [0.2, 0.25) is 0 Å². The average molecular weight is 472 g/mol. The monoisotopic (exact) mass is 471 g/mol. The van der Waals surface area contributed by atoms with E-state index < -0.39 is 5.60 Å². The van der Waals surface area contributed by atoms with Crippen LogP contribution in [-0.2, 0) is 17.9 Å². The topological polar surface area (TPSA) is 38.8 Å². The van der Waals surface area contributed by atoms with Crippen LogP contribution in [0.15, 0.2) is 78.9 Å². The van der Waals surface area contributed by atoms with E-state index in [4.69, 9.17) is 9.47 Å². The molecule has 0 unspecified atom stereocenters. The molecular formula is C31H37NO3. The van der Waals surface area contributed by atoms with E-state index in [2.05, 4.69) is 24.3 Å². The van der Waals surface area contributed by atoms with Crippen molar-refractivity contribution in [3.05, 3.63) is 95.6 Å². The molecule has 3 aromatic rings. The quantitative estimate of drug-likeness (QED) is 0.348. The third kappa shape index (κ3) is 7.35. The van der Waals surface area contributed by atoms with Gasteiger partial charge in [-0.05, 0) is 68.4 Å². The molecular weight excluding hydrogens is 434 g/mol. The first-order valence-corrected chi connectivity index (χ1v) is 12.7. The van der Waals surface area contributed by atoms with Gasteiger partial charge in [-0.1, -0.05) is 79.9 Å². The fourth-order valence-corrected chi connectivity index (χ4v) is 4.57. The van der Waals surface area contributed by atoms with Crippen LogP contribution in [0.5, 0.6) is 5.75 Å². The standard InChI is InChI=1S/C31H37NO3/c1-31(2,3)35-30(33)32(22-24-17-19-27(20-18-24)26-13-8-5-9-14-26)28-15-10-16-29(21-28)34-23-25-11-6-4-7-12-25/h4,6-7,10-12,15-21,26H,5,8-9,13-14,22-23H2,1-3H3. The molecule has 1 aliphatic carbocycles. The lowest BCUT2D eigenvalue weighted by atomic mass is 9.84. The number of nitrogens with zero attached hydrogens (tertiary/aromatic N) is 1. The number of ether oxygens (including phenoxy) is 2. The third-order valence-electron chi connectivity index (χ3n) is 6.39. The van der Waals surface area contributed by atoms with Gasteiger partial charge in [-0.25, -0.2) is 4.79 Å². The Bertz CT molecular complexity index is 1080. The molecule has 4 heteroatoms. The highest BCUT2D eigenvalue weighted by Crippen LogP contribution is 2.33. The van der Waals surface area contributed by atoms with Crippen LogP contribution in [0.25, 0.3) is 0 Å². The van der Waals surface area contributed by atoms with E-state index in [1.54, 1.807) is 4.90 Å². The van der Waals surface area contributed by atoms with Crippen LogP contribution in [0.3, 0.4) is 0 Å². The predicted molar refractivity (Wildman–Crippen MR) is 142 cm³/mol. The Kier molecular flexibility index (Phi) is 8.12. The van der Waals surface area contributed by atoms with Crippen molar-refractivity contribution in [3.8, 4) is 5.75 Å². The summed E-state index contributed by atoms with van der Waals surface area (Å²) in [4.78, 5) is 14.9. The molecule has 184 valence electrons. The fourth-order valence-electron chi connectivity index (χ4n) is 4.57. The van der Waals surface area contributed by atoms with Gasteiger partial charge in [0.25, 0.3) is 0 Å². The van der Waals surface area contributed by atoms with Crippen LogP contribution in [-0.4, -0.2) is 11.7 Å². The molecule has 35 heavy (non-hydrogen) atoms. The van der Waals surface area contributed by atoms with Gasteiger partial charge in [0.1, 0.15) is 18.0 Å². The molecule has 1 amide bonds. The zero-order chi connectivity index (χ0) is 24.7. The van der Waals surface area contributed by atoms with E-state index in [0.29, 0.717) is 24.8 Å². The molecule has 0 atom stereocenters. The van der Waals surface area contributed by atoms with E-state index in [1.165, 1.54) is 37.7 Å². The maximum Gasteiger partial charge on any atom is 0.415 e. The van der Waals surface area contributed by atoms with E-state index in [-0.39, 0.29) is 6.09 Å². The SMILES string of the molecule is CC(C)(C)OC(=O)N(Cc1ccc(C2CCCCC2)cc1)c1cccc(OCc2ccccc2)c1. The van der Waals surface area contributed by atoms with Gasteiger partial charge in [0.15, 0.2) is 0 Å². The molecule has 0 saturated heterocycles. The van der Waals surface area contributed by atoms with Crippen molar-refractivity contribution >= 4 is 11.8 Å². The number of carbonyl (C=O) groups excluding carboxylic acids is 1. The number of hydrogen-bond acceptors (Lipinski definition) is 3. The molecule has 0 heterocycles. The zero-order valence-corrected chi connectivity index (χ0v) is 21.2. The Morgan fingerprint density at radius 2 is 1.57 bits per heavy atom. The van der Waals surface area contributed by atoms with E-state index in [9.17, 15) is 4.79 Å². The minimum atomic E-state index is -0.582. The Morgan fingerprint density at radius 3 is 2.26 bits per heavy atom. The molecule has 1 aliphatic rings. The third-order valence-corrected chi connectivity index (χ3v) is 6.39. The van der Waals surface area contributed by atoms with Gasteiger partial charge in [0.2, 0.25) is 0 Å². The molecule has 0 N–H and O–H groups in total. The summed E-state index contributed by atoms with van der Waals surface area (Å²) in [5, 5.41) is 0. The molecule has 0 spiro atoms. The van der Waals surface area contributed by atoms with Crippen molar-refractivity contribution in [2.45, 2.75) is 77.5 Å². The number of benzene rings is 3. The number of rotatable bonds is 7. The van der Waals surface area contributed by atoms with Gasteiger partial charge < -0.3 is 9.47 Å². The molecule has 0 bridgehead atoms. The second-order valence-corrected chi connectivity index (χ2v) is 10.4. The first-order valence-electron chi connectivity index (χ1n) is 12.7. The fraction of sp³-hybridized carbons (Fsp3) is 0.387. The van der Waals surface area contributed by atoms with Crippen LogP contribution in [0.1, 0.15) is 75.5 Å². The summed E-state index contributed by atoms with van der Waals surface area (Å²) in [5.41, 5.74) is 3.75. The lowest BCUT2D eigenvalue weighted by molar-refractivity contribution is 0.0577. The normalized spacial score (nSPS) is 14.4. The van der Waals surface area contributed by atoms with Gasteiger partial charge in [0, 0.05) is 6.07 Å². The summed E-state index contributed by atoms with van der Waals surface area (Å²) in [6, 6.07) is 26.5. The summed E-state index contributed by atoms with van der Waals surface area (Å²) >= 11 is 0. The largest absolute Gasteiger partial charge is 0.489 e. The molecule has 1 fully saturated rings. The van der Waals surface area contributed by atoms with Crippen molar-refractivity contribution in [3.63, 3.8) is 0 Å². The molecule has 1 saturated carbocycles. The number of hydrogen-bond donors (Lipinski definition) is 0. The van der Waals surface area contributed by atoms with E-state index in [0.717, 1.165) is 16.8 Å². The molecule has 4 nitrogen and oxygen atoms in total. The van der Waals surface area contributed by atoms with Gasteiger partial charge in [-0.3, -0.25) is 4.90 Å². The smallest absolute Gasteiger partial charge is 0.415 e. The first kappa shape index (κ1) is 24.8. The maximum atomic E-state index is 13.2. The van der Waals surface area contributed by atoms with Crippen LogP contribution < -0.4 is 9.64 Å². The Balaban J connectivity index is 1.52. The highest BCUT2D eigenvalue weighted by Gasteiger charge is 2.24. The summed E-state index contributed by atoms with van der Waals surface area (Å²) in [5.74, 6) is 1.38. The van der Waals surface area contributed by atoms with Crippen molar-refractivity contribution in [2.75, 3.05) is 4.90 Å². The summed E-state index contributed by atoms with van der Waals surface area (Å²) in [7, 11) is 0. The first-order chi connectivity index (χ1) is 16.9. The van der Waals surface area contributed by atoms with Crippen LogP contribution in [0, 0.1) is 0 Å². The lowest BCUT2D eigenvalue weighted by Crippen LogP contribution is -2.36.